The largest absolute Gasteiger partial charge is 0.467 e. The fourth-order valence-corrected chi connectivity index (χ4v) is 2.62. The molecule has 0 fully saturated rings. The van der Waals surface area contributed by atoms with E-state index in [1.807, 2.05) is 12.1 Å². The van der Waals surface area contributed by atoms with Crippen molar-refractivity contribution in [3.05, 3.63) is 59.2 Å². The number of H-pyrrole nitrogens is 1. The van der Waals surface area contributed by atoms with E-state index in [0.29, 0.717) is 6.54 Å². The van der Waals surface area contributed by atoms with E-state index >= 15 is 0 Å². The number of aromatic nitrogens is 1. The number of fused-ring (bicyclic) bond motifs is 1. The summed E-state index contributed by atoms with van der Waals surface area (Å²) in [5.74, 6) is 0.938. The van der Waals surface area contributed by atoms with E-state index in [9.17, 15) is 0 Å². The van der Waals surface area contributed by atoms with Crippen molar-refractivity contribution in [1.82, 2.24) is 0 Å². The van der Waals surface area contributed by atoms with Gasteiger partial charge in [-0.1, -0.05) is 0 Å². The maximum Gasteiger partial charge on any atom is 0.216 e. The Morgan fingerprint density at radius 2 is 2.00 bits per heavy atom. The van der Waals surface area contributed by atoms with Crippen molar-refractivity contribution in [2.45, 2.75) is 27.3 Å². The van der Waals surface area contributed by atoms with Gasteiger partial charge in [-0.3, -0.25) is 0 Å². The molecule has 3 aromatic rings. The zero-order valence-electron chi connectivity index (χ0n) is 12.1. The molecule has 0 saturated carbocycles. The Morgan fingerprint density at radius 3 is 2.75 bits per heavy atom. The van der Waals surface area contributed by atoms with Crippen LogP contribution in [0.3, 0.4) is 0 Å². The Labute approximate surface area is 118 Å². The number of furan rings is 1. The number of aromatic amines is 1. The molecule has 3 nitrogen and oxygen atoms in total. The summed E-state index contributed by atoms with van der Waals surface area (Å²) in [6, 6.07) is 10.4. The van der Waals surface area contributed by atoms with Gasteiger partial charge in [-0.15, -0.1) is 0 Å². The highest BCUT2D eigenvalue weighted by Crippen LogP contribution is 2.25. The summed E-state index contributed by atoms with van der Waals surface area (Å²) in [4.78, 5) is 3.46. The van der Waals surface area contributed by atoms with Crippen LogP contribution in [0, 0.1) is 20.8 Å². The summed E-state index contributed by atoms with van der Waals surface area (Å²) in [7, 11) is 0. The Balaban J connectivity index is 2.04. The number of rotatable bonds is 3. The summed E-state index contributed by atoms with van der Waals surface area (Å²) >= 11 is 0. The molecule has 2 N–H and O–H groups in total. The molecule has 0 radical (unpaired) electrons. The number of nitrogens with one attached hydrogen (secondary N) is 2. The number of hydrogen-bond acceptors (Lipinski definition) is 2. The third-order valence-electron chi connectivity index (χ3n) is 3.49. The minimum atomic E-state index is 0.693. The second kappa shape index (κ2) is 5.00. The van der Waals surface area contributed by atoms with Gasteiger partial charge < -0.3 is 9.73 Å². The minimum absolute atomic E-state index is 0.693. The maximum atomic E-state index is 5.37. The van der Waals surface area contributed by atoms with Crippen LogP contribution in [-0.4, -0.2) is 0 Å². The molecule has 0 bridgehead atoms. The highest BCUT2D eigenvalue weighted by molar-refractivity contribution is 5.91. The lowest BCUT2D eigenvalue weighted by Gasteiger charge is -2.09. The van der Waals surface area contributed by atoms with Crippen LogP contribution in [0.1, 0.15) is 22.6 Å². The Morgan fingerprint density at radius 1 is 1.15 bits per heavy atom. The zero-order valence-corrected chi connectivity index (χ0v) is 12.1. The number of aryl methyl sites for hydroxylation is 3. The van der Waals surface area contributed by atoms with Gasteiger partial charge in [0.05, 0.1) is 23.9 Å². The van der Waals surface area contributed by atoms with Crippen molar-refractivity contribution in [3.8, 4) is 0 Å². The standard InChI is InChI=1S/C17H18N2O/c1-11-7-12(2)17-15(8-11)16(9-13(3)19-17)18-10-14-5-4-6-20-14/h4-9H,10H2,1-3H3,(H,18,19)/p+1. The number of hydrogen-bond donors (Lipinski definition) is 1. The van der Waals surface area contributed by atoms with E-state index in [2.05, 4.69) is 49.3 Å². The minimum Gasteiger partial charge on any atom is -0.467 e. The normalized spacial score (nSPS) is 10.9. The van der Waals surface area contributed by atoms with E-state index in [4.69, 9.17) is 4.42 Å². The molecule has 3 heteroatoms. The van der Waals surface area contributed by atoms with Crippen LogP contribution in [0.5, 0.6) is 0 Å². The smallest absolute Gasteiger partial charge is 0.216 e. The third-order valence-corrected chi connectivity index (χ3v) is 3.49. The molecule has 0 aliphatic carbocycles. The van der Waals surface area contributed by atoms with Crippen molar-refractivity contribution in [3.63, 3.8) is 0 Å². The predicted molar refractivity (Wildman–Crippen MR) is 80.7 cm³/mol. The van der Waals surface area contributed by atoms with Crippen LogP contribution in [0.4, 0.5) is 5.69 Å². The van der Waals surface area contributed by atoms with Gasteiger partial charge in [0, 0.05) is 18.6 Å². The van der Waals surface area contributed by atoms with Crippen LogP contribution in [-0.2, 0) is 6.54 Å². The fourth-order valence-electron chi connectivity index (χ4n) is 2.62. The van der Waals surface area contributed by atoms with E-state index < -0.39 is 0 Å². The molecular formula is C17H19N2O+. The van der Waals surface area contributed by atoms with Gasteiger partial charge in [0.2, 0.25) is 5.52 Å². The SMILES string of the molecule is Cc1cc(C)c2[nH+]c(C)cc(NCc3ccco3)c2c1. The summed E-state index contributed by atoms with van der Waals surface area (Å²) < 4.78 is 5.37. The summed E-state index contributed by atoms with van der Waals surface area (Å²) in [5, 5.41) is 4.69. The molecule has 0 aliphatic rings. The van der Waals surface area contributed by atoms with E-state index in [-0.39, 0.29) is 0 Å². The van der Waals surface area contributed by atoms with Crippen molar-refractivity contribution in [2.24, 2.45) is 0 Å². The monoisotopic (exact) mass is 267 g/mol. The number of pyridine rings is 1. The molecule has 0 aliphatic heterocycles. The molecule has 102 valence electrons. The first-order chi connectivity index (χ1) is 9.63. The molecule has 0 atom stereocenters. The Kier molecular flexibility index (Phi) is 3.18. The highest BCUT2D eigenvalue weighted by Gasteiger charge is 2.12. The average Bonchev–Trinajstić information content (AvgIpc) is 2.90. The third kappa shape index (κ3) is 2.39. The van der Waals surface area contributed by atoms with Crippen LogP contribution in [0.15, 0.2) is 41.0 Å². The first-order valence-electron chi connectivity index (χ1n) is 6.83. The summed E-state index contributed by atoms with van der Waals surface area (Å²) in [6.45, 7) is 7.04. The van der Waals surface area contributed by atoms with Gasteiger partial charge >= 0.3 is 0 Å². The van der Waals surface area contributed by atoms with Gasteiger partial charge in [0.1, 0.15) is 5.76 Å². The molecule has 0 spiro atoms. The highest BCUT2D eigenvalue weighted by atomic mass is 16.3. The van der Waals surface area contributed by atoms with Crippen molar-refractivity contribution < 1.29 is 9.40 Å². The average molecular weight is 267 g/mol. The van der Waals surface area contributed by atoms with Gasteiger partial charge in [0.25, 0.3) is 0 Å². The van der Waals surface area contributed by atoms with E-state index in [1.54, 1.807) is 6.26 Å². The topological polar surface area (TPSA) is 39.3 Å². The molecular weight excluding hydrogens is 248 g/mol. The summed E-state index contributed by atoms with van der Waals surface area (Å²) in [6.07, 6.45) is 1.70. The molecule has 0 unspecified atom stereocenters. The zero-order chi connectivity index (χ0) is 14.1. The van der Waals surface area contributed by atoms with E-state index in [0.717, 1.165) is 17.1 Å². The first-order valence-corrected chi connectivity index (χ1v) is 6.83. The van der Waals surface area contributed by atoms with Crippen molar-refractivity contribution in [1.29, 1.82) is 0 Å². The van der Waals surface area contributed by atoms with Crippen molar-refractivity contribution >= 4 is 16.6 Å². The van der Waals surface area contributed by atoms with Crippen LogP contribution >= 0.6 is 0 Å². The quantitative estimate of drug-likeness (QED) is 0.784. The molecule has 0 amide bonds. The Bertz CT molecular complexity index is 745. The molecule has 20 heavy (non-hydrogen) atoms. The first kappa shape index (κ1) is 12.7. The lowest BCUT2D eigenvalue weighted by atomic mass is 10.0. The van der Waals surface area contributed by atoms with Gasteiger partial charge in [-0.05, 0) is 43.7 Å². The van der Waals surface area contributed by atoms with Crippen molar-refractivity contribution in [2.75, 3.05) is 5.32 Å². The van der Waals surface area contributed by atoms with Crippen LogP contribution < -0.4 is 10.3 Å². The second-order valence-electron chi connectivity index (χ2n) is 5.30. The molecule has 2 aromatic heterocycles. The molecule has 0 saturated heterocycles. The van der Waals surface area contributed by atoms with Gasteiger partial charge in [-0.25, -0.2) is 4.98 Å². The lowest BCUT2D eigenvalue weighted by molar-refractivity contribution is -0.354. The van der Waals surface area contributed by atoms with Gasteiger partial charge in [0.15, 0.2) is 5.69 Å². The molecule has 1 aromatic carbocycles. The summed E-state index contributed by atoms with van der Waals surface area (Å²) in [5.41, 5.74) is 6.02. The van der Waals surface area contributed by atoms with E-state index in [1.165, 1.54) is 22.0 Å². The van der Waals surface area contributed by atoms with Crippen LogP contribution in [0.2, 0.25) is 0 Å². The second-order valence-corrected chi connectivity index (χ2v) is 5.30. The maximum absolute atomic E-state index is 5.37. The number of benzene rings is 1. The fraction of sp³-hybridized carbons (Fsp3) is 0.235. The lowest BCUT2D eigenvalue weighted by Crippen LogP contribution is -2.12. The van der Waals surface area contributed by atoms with Gasteiger partial charge in [-0.2, -0.15) is 0 Å². The molecule has 2 heterocycles. The Hall–Kier alpha value is -2.29. The van der Waals surface area contributed by atoms with Crippen LogP contribution in [0.25, 0.3) is 10.9 Å². The predicted octanol–water partition coefficient (Wildman–Crippen LogP) is 3.78. The molecule has 3 rings (SSSR count). The number of anilines is 1.